The van der Waals surface area contributed by atoms with E-state index in [1.54, 1.807) is 41.0 Å². The molecule has 116 valence electrons. The number of sulfonamides is 1. The standard InChI is InChI=1S/C16H17ClN2O2S/c17-15-1-3-16(4-2-15)22(20,21)19-11-7-14(8-12-19)13-5-9-18-10-6-13/h1-6,9-10,14H,7-8,11-12H2. The Kier molecular flexibility index (Phi) is 4.47. The van der Waals surface area contributed by atoms with E-state index in [-0.39, 0.29) is 0 Å². The fraction of sp³-hybridized carbons (Fsp3) is 0.312. The zero-order valence-electron chi connectivity index (χ0n) is 12.0. The summed E-state index contributed by atoms with van der Waals surface area (Å²) in [4.78, 5) is 4.33. The van der Waals surface area contributed by atoms with Gasteiger partial charge in [0.15, 0.2) is 0 Å². The topological polar surface area (TPSA) is 50.3 Å². The van der Waals surface area contributed by atoms with E-state index in [1.807, 2.05) is 12.1 Å². The summed E-state index contributed by atoms with van der Waals surface area (Å²) in [5.74, 6) is 0.402. The maximum absolute atomic E-state index is 12.6. The molecule has 0 amide bonds. The molecular weight excluding hydrogens is 320 g/mol. The summed E-state index contributed by atoms with van der Waals surface area (Å²) < 4.78 is 26.8. The molecule has 1 saturated heterocycles. The molecule has 1 fully saturated rings. The van der Waals surface area contributed by atoms with E-state index in [9.17, 15) is 8.42 Å². The molecule has 3 rings (SSSR count). The largest absolute Gasteiger partial charge is 0.265 e. The van der Waals surface area contributed by atoms with Gasteiger partial charge in [0.2, 0.25) is 10.0 Å². The lowest BCUT2D eigenvalue weighted by molar-refractivity contribution is 0.319. The molecule has 1 aromatic carbocycles. The van der Waals surface area contributed by atoms with Crippen molar-refractivity contribution in [3.05, 3.63) is 59.4 Å². The first kappa shape index (κ1) is 15.5. The van der Waals surface area contributed by atoms with Crippen LogP contribution in [0.15, 0.2) is 53.7 Å². The van der Waals surface area contributed by atoms with E-state index in [0.29, 0.717) is 28.9 Å². The first-order chi connectivity index (χ1) is 10.6. The Morgan fingerprint density at radius 2 is 1.59 bits per heavy atom. The molecule has 2 aromatic rings. The minimum Gasteiger partial charge on any atom is -0.265 e. The number of benzene rings is 1. The Morgan fingerprint density at radius 3 is 2.18 bits per heavy atom. The third-order valence-corrected chi connectivity index (χ3v) is 6.25. The van der Waals surface area contributed by atoms with E-state index in [1.165, 1.54) is 5.56 Å². The van der Waals surface area contributed by atoms with Gasteiger partial charge in [0.1, 0.15) is 0 Å². The van der Waals surface area contributed by atoms with Crippen molar-refractivity contribution in [2.75, 3.05) is 13.1 Å². The Bertz CT molecular complexity index is 725. The predicted molar refractivity (Wildman–Crippen MR) is 86.4 cm³/mol. The third kappa shape index (κ3) is 3.16. The minimum absolute atomic E-state index is 0.305. The van der Waals surface area contributed by atoms with Crippen LogP contribution in [0, 0.1) is 0 Å². The molecule has 2 heterocycles. The van der Waals surface area contributed by atoms with Crippen molar-refractivity contribution in [2.45, 2.75) is 23.7 Å². The molecule has 0 unspecified atom stereocenters. The highest BCUT2D eigenvalue weighted by Gasteiger charge is 2.29. The summed E-state index contributed by atoms with van der Waals surface area (Å²) >= 11 is 5.82. The second-order valence-electron chi connectivity index (χ2n) is 5.41. The predicted octanol–water partition coefficient (Wildman–Crippen LogP) is 3.30. The van der Waals surface area contributed by atoms with Gasteiger partial charge in [-0.25, -0.2) is 8.42 Å². The van der Waals surface area contributed by atoms with Gasteiger partial charge in [-0.2, -0.15) is 4.31 Å². The lowest BCUT2D eigenvalue weighted by Gasteiger charge is -2.31. The SMILES string of the molecule is O=S(=O)(c1ccc(Cl)cc1)N1CCC(c2ccncc2)CC1. The van der Waals surface area contributed by atoms with Gasteiger partial charge >= 0.3 is 0 Å². The van der Waals surface area contributed by atoms with Gasteiger partial charge in [0, 0.05) is 30.5 Å². The fourth-order valence-corrected chi connectivity index (χ4v) is 4.42. The van der Waals surface area contributed by atoms with E-state index < -0.39 is 10.0 Å². The first-order valence-corrected chi connectivity index (χ1v) is 9.05. The van der Waals surface area contributed by atoms with Crippen LogP contribution < -0.4 is 0 Å². The monoisotopic (exact) mass is 336 g/mol. The third-order valence-electron chi connectivity index (χ3n) is 4.08. The van der Waals surface area contributed by atoms with E-state index in [2.05, 4.69) is 4.98 Å². The molecule has 0 radical (unpaired) electrons. The molecule has 0 spiro atoms. The Balaban J connectivity index is 1.72. The molecule has 1 aromatic heterocycles. The quantitative estimate of drug-likeness (QED) is 0.864. The van der Waals surface area contributed by atoms with Crippen molar-refractivity contribution in [3.8, 4) is 0 Å². The second-order valence-corrected chi connectivity index (χ2v) is 7.79. The Morgan fingerprint density at radius 1 is 1.00 bits per heavy atom. The van der Waals surface area contributed by atoms with Gasteiger partial charge in [-0.3, -0.25) is 4.98 Å². The lowest BCUT2D eigenvalue weighted by atomic mass is 9.91. The normalized spacial score (nSPS) is 17.5. The number of halogens is 1. The zero-order chi connectivity index (χ0) is 15.6. The van der Waals surface area contributed by atoms with Crippen molar-refractivity contribution in [2.24, 2.45) is 0 Å². The molecule has 1 aliphatic heterocycles. The zero-order valence-corrected chi connectivity index (χ0v) is 13.6. The van der Waals surface area contributed by atoms with Crippen molar-refractivity contribution < 1.29 is 8.42 Å². The van der Waals surface area contributed by atoms with Crippen molar-refractivity contribution in [1.29, 1.82) is 0 Å². The summed E-state index contributed by atoms with van der Waals surface area (Å²) in [5, 5.41) is 0.537. The average Bonchev–Trinajstić information content (AvgIpc) is 2.56. The number of hydrogen-bond donors (Lipinski definition) is 0. The Hall–Kier alpha value is -1.43. The van der Waals surface area contributed by atoms with Gasteiger partial charge in [0.05, 0.1) is 4.90 Å². The fourth-order valence-electron chi connectivity index (χ4n) is 2.82. The highest BCUT2D eigenvalue weighted by atomic mass is 35.5. The number of aromatic nitrogens is 1. The van der Waals surface area contributed by atoms with E-state index in [0.717, 1.165) is 12.8 Å². The van der Waals surface area contributed by atoms with Crippen LogP contribution in [0.25, 0.3) is 0 Å². The van der Waals surface area contributed by atoms with Gasteiger partial charge in [-0.15, -0.1) is 0 Å². The Labute approximate surface area is 135 Å². The molecule has 0 bridgehead atoms. The van der Waals surface area contributed by atoms with Crippen LogP contribution in [0.3, 0.4) is 0 Å². The van der Waals surface area contributed by atoms with Crippen LogP contribution in [0.4, 0.5) is 0 Å². The van der Waals surface area contributed by atoms with Crippen LogP contribution >= 0.6 is 11.6 Å². The number of piperidine rings is 1. The maximum atomic E-state index is 12.6. The summed E-state index contributed by atoms with van der Waals surface area (Å²) in [5.41, 5.74) is 1.23. The smallest absolute Gasteiger partial charge is 0.243 e. The summed E-state index contributed by atoms with van der Waals surface area (Å²) in [7, 11) is -3.42. The van der Waals surface area contributed by atoms with Crippen LogP contribution in [-0.2, 0) is 10.0 Å². The molecule has 0 atom stereocenters. The number of hydrogen-bond acceptors (Lipinski definition) is 3. The highest BCUT2D eigenvalue weighted by molar-refractivity contribution is 7.89. The van der Waals surface area contributed by atoms with Crippen molar-refractivity contribution >= 4 is 21.6 Å². The number of pyridine rings is 1. The lowest BCUT2D eigenvalue weighted by Crippen LogP contribution is -2.37. The highest BCUT2D eigenvalue weighted by Crippen LogP contribution is 2.30. The molecule has 22 heavy (non-hydrogen) atoms. The molecule has 0 aliphatic carbocycles. The first-order valence-electron chi connectivity index (χ1n) is 7.23. The van der Waals surface area contributed by atoms with Gasteiger partial charge < -0.3 is 0 Å². The van der Waals surface area contributed by atoms with Crippen LogP contribution in [0.2, 0.25) is 5.02 Å². The number of rotatable bonds is 3. The number of nitrogens with zero attached hydrogens (tertiary/aromatic N) is 2. The van der Waals surface area contributed by atoms with Crippen LogP contribution in [-0.4, -0.2) is 30.8 Å². The molecule has 1 aliphatic rings. The van der Waals surface area contributed by atoms with E-state index in [4.69, 9.17) is 11.6 Å². The maximum Gasteiger partial charge on any atom is 0.243 e. The molecule has 6 heteroatoms. The molecule has 0 N–H and O–H groups in total. The minimum atomic E-state index is -3.42. The second kappa shape index (κ2) is 6.36. The van der Waals surface area contributed by atoms with Crippen molar-refractivity contribution in [1.82, 2.24) is 9.29 Å². The summed E-state index contributed by atoms with van der Waals surface area (Å²) in [6.45, 7) is 1.08. The van der Waals surface area contributed by atoms with Gasteiger partial charge in [-0.1, -0.05) is 11.6 Å². The van der Waals surface area contributed by atoms with E-state index >= 15 is 0 Å². The van der Waals surface area contributed by atoms with Gasteiger partial charge in [0.25, 0.3) is 0 Å². The summed E-state index contributed by atoms with van der Waals surface area (Å²) in [6, 6.07) is 10.4. The molecule has 4 nitrogen and oxygen atoms in total. The van der Waals surface area contributed by atoms with Crippen LogP contribution in [0.1, 0.15) is 24.3 Å². The summed E-state index contributed by atoms with van der Waals surface area (Å²) in [6.07, 6.45) is 5.23. The average molecular weight is 337 g/mol. The molecule has 0 saturated carbocycles. The molecular formula is C16H17ClN2O2S. The van der Waals surface area contributed by atoms with Gasteiger partial charge in [-0.05, 0) is 60.7 Å². The van der Waals surface area contributed by atoms with Crippen LogP contribution in [0.5, 0.6) is 0 Å². The van der Waals surface area contributed by atoms with Crippen molar-refractivity contribution in [3.63, 3.8) is 0 Å².